The summed E-state index contributed by atoms with van der Waals surface area (Å²) in [5.74, 6) is 0. The first-order valence-electron chi connectivity index (χ1n) is 6.01. The summed E-state index contributed by atoms with van der Waals surface area (Å²) in [6, 6.07) is 19.3. The van der Waals surface area contributed by atoms with E-state index in [9.17, 15) is 0 Å². The summed E-state index contributed by atoms with van der Waals surface area (Å²) in [7, 11) is 0. The van der Waals surface area contributed by atoms with Gasteiger partial charge in [0.15, 0.2) is 0 Å². The zero-order valence-electron chi connectivity index (χ0n) is 10.4. The van der Waals surface area contributed by atoms with Crippen molar-refractivity contribution in [1.82, 2.24) is 5.32 Å². The molecule has 0 atom stereocenters. The highest BCUT2D eigenvalue weighted by molar-refractivity contribution is 5.37. The Morgan fingerprint density at radius 2 is 1.58 bits per heavy atom. The molecule has 2 aromatic rings. The molecule has 0 aliphatic carbocycles. The number of benzene rings is 2. The number of nitrogens with zero attached hydrogens (tertiary/aromatic N) is 2. The van der Waals surface area contributed by atoms with Gasteiger partial charge < -0.3 is 5.32 Å². The van der Waals surface area contributed by atoms with Gasteiger partial charge in [-0.3, -0.25) is 0 Å². The smallest absolute Gasteiger partial charge is 0.0995 e. The normalized spacial score (nSPS) is 9.58. The molecular weight excluding hydrogens is 234 g/mol. The maximum absolute atomic E-state index is 8.98. The Morgan fingerprint density at radius 1 is 0.842 bits per heavy atom. The predicted molar refractivity (Wildman–Crippen MR) is 72.9 cm³/mol. The quantitative estimate of drug-likeness (QED) is 0.903. The molecule has 0 fully saturated rings. The molecule has 0 bridgehead atoms. The molecule has 92 valence electrons. The molecule has 0 amide bonds. The minimum absolute atomic E-state index is 0.656. The Hall–Kier alpha value is -2.62. The van der Waals surface area contributed by atoms with Crippen LogP contribution in [0.1, 0.15) is 22.3 Å². The van der Waals surface area contributed by atoms with E-state index in [1.54, 1.807) is 12.1 Å². The van der Waals surface area contributed by atoms with Crippen LogP contribution in [0.5, 0.6) is 0 Å². The lowest BCUT2D eigenvalue weighted by Crippen LogP contribution is -2.13. The first-order valence-corrected chi connectivity index (χ1v) is 6.01. The Balaban J connectivity index is 1.93. The van der Waals surface area contributed by atoms with E-state index in [1.807, 2.05) is 36.4 Å². The van der Waals surface area contributed by atoms with E-state index in [4.69, 9.17) is 10.5 Å². The van der Waals surface area contributed by atoms with Crippen molar-refractivity contribution >= 4 is 0 Å². The Labute approximate surface area is 112 Å². The van der Waals surface area contributed by atoms with Crippen molar-refractivity contribution in [3.05, 3.63) is 70.8 Å². The van der Waals surface area contributed by atoms with Crippen LogP contribution in [0.2, 0.25) is 0 Å². The van der Waals surface area contributed by atoms with E-state index in [0.717, 1.165) is 11.1 Å². The summed E-state index contributed by atoms with van der Waals surface area (Å²) >= 11 is 0. The second kappa shape index (κ2) is 6.35. The summed E-state index contributed by atoms with van der Waals surface area (Å²) < 4.78 is 0. The molecule has 0 heterocycles. The van der Waals surface area contributed by atoms with Gasteiger partial charge in [0, 0.05) is 13.1 Å². The lowest BCUT2D eigenvalue weighted by atomic mass is 10.1. The number of nitriles is 2. The molecule has 3 heteroatoms. The topological polar surface area (TPSA) is 59.6 Å². The van der Waals surface area contributed by atoms with Gasteiger partial charge in [-0.2, -0.15) is 10.5 Å². The molecule has 19 heavy (non-hydrogen) atoms. The van der Waals surface area contributed by atoms with Crippen LogP contribution in [0.25, 0.3) is 0 Å². The fraction of sp³-hybridized carbons (Fsp3) is 0.125. The number of rotatable bonds is 4. The average molecular weight is 247 g/mol. The van der Waals surface area contributed by atoms with Gasteiger partial charge >= 0.3 is 0 Å². The molecular formula is C16H13N3. The van der Waals surface area contributed by atoms with Gasteiger partial charge in [0.05, 0.1) is 23.3 Å². The van der Waals surface area contributed by atoms with Crippen molar-refractivity contribution in [2.75, 3.05) is 0 Å². The summed E-state index contributed by atoms with van der Waals surface area (Å²) in [6.07, 6.45) is 0. The van der Waals surface area contributed by atoms with Crippen LogP contribution in [0, 0.1) is 22.7 Å². The first-order chi connectivity index (χ1) is 9.33. The molecule has 0 unspecified atom stereocenters. The highest BCUT2D eigenvalue weighted by atomic mass is 14.8. The van der Waals surface area contributed by atoms with Gasteiger partial charge in [0.1, 0.15) is 0 Å². The van der Waals surface area contributed by atoms with Gasteiger partial charge in [0.2, 0.25) is 0 Å². The fourth-order valence-corrected chi connectivity index (χ4v) is 1.82. The molecule has 0 saturated heterocycles. The molecule has 0 aliphatic heterocycles. The highest BCUT2D eigenvalue weighted by Crippen LogP contribution is 2.08. The molecule has 0 aromatic heterocycles. The van der Waals surface area contributed by atoms with Crippen LogP contribution in [-0.4, -0.2) is 0 Å². The van der Waals surface area contributed by atoms with Crippen molar-refractivity contribution in [3.63, 3.8) is 0 Å². The van der Waals surface area contributed by atoms with Gasteiger partial charge in [-0.15, -0.1) is 0 Å². The third-order valence-corrected chi connectivity index (χ3v) is 2.87. The zero-order chi connectivity index (χ0) is 13.5. The lowest BCUT2D eigenvalue weighted by Gasteiger charge is -2.06. The second-order valence-corrected chi connectivity index (χ2v) is 4.18. The number of hydrogen-bond donors (Lipinski definition) is 1. The molecule has 2 aromatic carbocycles. The molecule has 0 saturated carbocycles. The van der Waals surface area contributed by atoms with E-state index < -0.39 is 0 Å². The highest BCUT2D eigenvalue weighted by Gasteiger charge is 2.00. The van der Waals surface area contributed by atoms with E-state index in [1.165, 1.54) is 0 Å². The van der Waals surface area contributed by atoms with E-state index in [2.05, 4.69) is 17.5 Å². The lowest BCUT2D eigenvalue weighted by molar-refractivity contribution is 0.692. The predicted octanol–water partition coefficient (Wildman–Crippen LogP) is 2.72. The molecule has 1 N–H and O–H groups in total. The standard InChI is InChI=1S/C16H13N3/c17-9-13-5-7-14(8-6-13)11-19-12-16-4-2-1-3-15(16)10-18/h1-8,19H,11-12H2. The Bertz CT molecular complexity index is 630. The van der Waals surface area contributed by atoms with Gasteiger partial charge in [-0.1, -0.05) is 30.3 Å². The van der Waals surface area contributed by atoms with Crippen molar-refractivity contribution in [3.8, 4) is 12.1 Å². The minimum Gasteiger partial charge on any atom is -0.309 e. The summed E-state index contributed by atoms with van der Waals surface area (Å²) in [5, 5.41) is 21.0. The van der Waals surface area contributed by atoms with E-state index in [0.29, 0.717) is 24.2 Å². The first kappa shape index (κ1) is 12.8. The SMILES string of the molecule is N#Cc1ccc(CNCc2ccccc2C#N)cc1. The molecule has 0 radical (unpaired) electrons. The summed E-state index contributed by atoms with van der Waals surface area (Å²) in [5.41, 5.74) is 3.49. The van der Waals surface area contributed by atoms with Crippen LogP contribution in [-0.2, 0) is 13.1 Å². The zero-order valence-corrected chi connectivity index (χ0v) is 10.4. The van der Waals surface area contributed by atoms with E-state index >= 15 is 0 Å². The van der Waals surface area contributed by atoms with Gasteiger partial charge in [-0.25, -0.2) is 0 Å². The van der Waals surface area contributed by atoms with Crippen LogP contribution in [0.3, 0.4) is 0 Å². The molecule has 0 spiro atoms. The van der Waals surface area contributed by atoms with Crippen LogP contribution >= 0.6 is 0 Å². The number of nitrogens with one attached hydrogen (secondary N) is 1. The monoisotopic (exact) mass is 247 g/mol. The minimum atomic E-state index is 0.656. The van der Waals surface area contributed by atoms with Crippen molar-refractivity contribution in [2.45, 2.75) is 13.1 Å². The van der Waals surface area contributed by atoms with E-state index in [-0.39, 0.29) is 0 Å². The Kier molecular flexibility index (Phi) is 4.29. The second-order valence-electron chi connectivity index (χ2n) is 4.18. The summed E-state index contributed by atoms with van der Waals surface area (Å²) in [6.45, 7) is 1.37. The average Bonchev–Trinajstić information content (AvgIpc) is 2.48. The maximum atomic E-state index is 8.98. The van der Waals surface area contributed by atoms with Crippen LogP contribution in [0.15, 0.2) is 48.5 Å². The van der Waals surface area contributed by atoms with Crippen molar-refractivity contribution in [1.29, 1.82) is 10.5 Å². The fourth-order valence-electron chi connectivity index (χ4n) is 1.82. The Morgan fingerprint density at radius 3 is 2.26 bits per heavy atom. The van der Waals surface area contributed by atoms with Crippen molar-refractivity contribution in [2.24, 2.45) is 0 Å². The summed E-state index contributed by atoms with van der Waals surface area (Å²) in [4.78, 5) is 0. The molecule has 0 aliphatic rings. The molecule has 2 rings (SSSR count). The third-order valence-electron chi connectivity index (χ3n) is 2.87. The maximum Gasteiger partial charge on any atom is 0.0995 e. The van der Waals surface area contributed by atoms with Gasteiger partial charge in [0.25, 0.3) is 0 Å². The third kappa shape index (κ3) is 3.42. The largest absolute Gasteiger partial charge is 0.309 e. The van der Waals surface area contributed by atoms with Gasteiger partial charge in [-0.05, 0) is 29.3 Å². The molecule has 3 nitrogen and oxygen atoms in total. The van der Waals surface area contributed by atoms with Crippen LogP contribution < -0.4 is 5.32 Å². The van der Waals surface area contributed by atoms with Crippen molar-refractivity contribution < 1.29 is 0 Å². The number of hydrogen-bond acceptors (Lipinski definition) is 3. The van der Waals surface area contributed by atoms with Crippen LogP contribution in [0.4, 0.5) is 0 Å².